The largest absolute Gasteiger partial charge is 0.544 e. The molecular formula is C14H20NO4S-. The number of anilines is 1. The summed E-state index contributed by atoms with van der Waals surface area (Å²) in [4.78, 5) is 23.7. The molecule has 0 aromatic carbocycles. The molecule has 0 saturated heterocycles. The van der Waals surface area contributed by atoms with Crippen LogP contribution in [0.1, 0.15) is 56.1 Å². The van der Waals surface area contributed by atoms with Gasteiger partial charge in [-0.1, -0.05) is 20.8 Å². The first-order chi connectivity index (χ1) is 8.90. The lowest BCUT2D eigenvalue weighted by atomic mass is 9.94. The minimum atomic E-state index is -1.31. The fourth-order valence-corrected chi connectivity index (χ4v) is 2.42. The van der Waals surface area contributed by atoms with E-state index in [0.717, 1.165) is 16.2 Å². The maximum atomic E-state index is 11.7. The average Bonchev–Trinajstić information content (AvgIpc) is 2.57. The van der Waals surface area contributed by atoms with Crippen molar-refractivity contribution in [3.05, 3.63) is 15.8 Å². The Morgan fingerprint density at radius 2 is 1.75 bits per heavy atom. The topological polar surface area (TPSA) is 78.5 Å². The Balaban J connectivity index is 3.02. The quantitative estimate of drug-likeness (QED) is 0.910. The van der Waals surface area contributed by atoms with Crippen molar-refractivity contribution in [2.75, 3.05) is 5.32 Å². The third-order valence-corrected chi connectivity index (χ3v) is 3.83. The second-order valence-electron chi connectivity index (χ2n) is 6.52. The molecule has 0 aliphatic carbocycles. The van der Waals surface area contributed by atoms with E-state index in [1.54, 1.807) is 26.8 Å². The van der Waals surface area contributed by atoms with Gasteiger partial charge in [-0.05, 0) is 32.3 Å². The van der Waals surface area contributed by atoms with Crippen LogP contribution < -0.4 is 10.4 Å². The Hall–Kier alpha value is -1.56. The highest BCUT2D eigenvalue weighted by molar-refractivity contribution is 7.14. The van der Waals surface area contributed by atoms with Gasteiger partial charge in [0.2, 0.25) is 0 Å². The van der Waals surface area contributed by atoms with E-state index in [2.05, 4.69) is 5.32 Å². The van der Waals surface area contributed by atoms with Crippen molar-refractivity contribution in [1.29, 1.82) is 0 Å². The van der Waals surface area contributed by atoms with Gasteiger partial charge in [0.05, 0.1) is 16.5 Å². The molecule has 0 bridgehead atoms. The summed E-state index contributed by atoms with van der Waals surface area (Å²) in [7, 11) is 0. The zero-order valence-electron chi connectivity index (χ0n) is 12.6. The molecule has 0 atom stereocenters. The van der Waals surface area contributed by atoms with Crippen molar-refractivity contribution >= 4 is 29.1 Å². The molecule has 0 fully saturated rings. The van der Waals surface area contributed by atoms with E-state index >= 15 is 0 Å². The van der Waals surface area contributed by atoms with Crippen LogP contribution in [0.2, 0.25) is 0 Å². The molecular weight excluding hydrogens is 278 g/mol. The molecule has 1 heterocycles. The molecule has 5 nitrogen and oxygen atoms in total. The molecule has 0 aliphatic rings. The monoisotopic (exact) mass is 298 g/mol. The molecule has 1 amide bonds. The molecule has 0 radical (unpaired) electrons. The molecule has 0 aliphatic heterocycles. The minimum absolute atomic E-state index is 0.000726. The summed E-state index contributed by atoms with van der Waals surface area (Å²) in [6.45, 7) is 11.1. The summed E-state index contributed by atoms with van der Waals surface area (Å²) in [5.74, 6) is -1.31. The molecule has 1 rings (SSSR count). The summed E-state index contributed by atoms with van der Waals surface area (Å²) in [5.41, 5.74) is -0.633. The molecule has 6 heteroatoms. The van der Waals surface area contributed by atoms with Crippen molar-refractivity contribution in [2.45, 2.75) is 52.6 Å². The third-order valence-electron chi connectivity index (χ3n) is 2.29. The van der Waals surface area contributed by atoms with Gasteiger partial charge in [0.1, 0.15) is 5.60 Å². The molecule has 1 N–H and O–H groups in total. The maximum absolute atomic E-state index is 11.7. The van der Waals surface area contributed by atoms with Gasteiger partial charge in [-0.25, -0.2) is 4.79 Å². The number of rotatable bonds is 2. The van der Waals surface area contributed by atoms with E-state index in [4.69, 9.17) is 4.74 Å². The fraction of sp³-hybridized carbons (Fsp3) is 0.571. The zero-order chi connectivity index (χ0) is 15.7. The van der Waals surface area contributed by atoms with Gasteiger partial charge in [-0.2, -0.15) is 0 Å². The van der Waals surface area contributed by atoms with Crippen LogP contribution in [0.25, 0.3) is 0 Å². The summed E-state index contributed by atoms with van der Waals surface area (Å²) < 4.78 is 5.11. The summed E-state index contributed by atoms with van der Waals surface area (Å²) >= 11 is 1.10. The van der Waals surface area contributed by atoms with Crippen molar-refractivity contribution in [3.8, 4) is 0 Å². The Labute approximate surface area is 123 Å². The lowest BCUT2D eigenvalue weighted by Gasteiger charge is -2.19. The van der Waals surface area contributed by atoms with Gasteiger partial charge in [0.15, 0.2) is 0 Å². The van der Waals surface area contributed by atoms with Crippen LogP contribution in [0.3, 0.4) is 0 Å². The Kier molecular flexibility index (Phi) is 4.49. The number of ether oxygens (including phenoxy) is 1. The van der Waals surface area contributed by atoms with E-state index < -0.39 is 17.7 Å². The third kappa shape index (κ3) is 4.52. The highest BCUT2D eigenvalue weighted by Crippen LogP contribution is 2.35. The molecule has 1 aromatic heterocycles. The molecule has 112 valence electrons. The molecule has 0 saturated carbocycles. The average molecular weight is 298 g/mol. The van der Waals surface area contributed by atoms with Crippen LogP contribution in [0.15, 0.2) is 6.07 Å². The van der Waals surface area contributed by atoms with Gasteiger partial charge in [0, 0.05) is 4.88 Å². The van der Waals surface area contributed by atoms with Crippen LogP contribution in [0.5, 0.6) is 0 Å². The van der Waals surface area contributed by atoms with Crippen molar-refractivity contribution in [2.24, 2.45) is 0 Å². The normalized spacial score (nSPS) is 12.1. The number of hydrogen-bond donors (Lipinski definition) is 1. The highest BCUT2D eigenvalue weighted by Gasteiger charge is 2.23. The first-order valence-electron chi connectivity index (χ1n) is 6.26. The molecule has 0 unspecified atom stereocenters. The minimum Gasteiger partial charge on any atom is -0.544 e. The SMILES string of the molecule is CC(C)(C)OC(=O)Nc1cc(C(C)(C)C)sc1C(=O)[O-]. The van der Waals surface area contributed by atoms with E-state index in [1.807, 2.05) is 20.8 Å². The maximum Gasteiger partial charge on any atom is 0.412 e. The first kappa shape index (κ1) is 16.5. The highest BCUT2D eigenvalue weighted by atomic mass is 32.1. The van der Waals surface area contributed by atoms with Crippen molar-refractivity contribution in [3.63, 3.8) is 0 Å². The number of carboxylic acids is 1. The summed E-state index contributed by atoms with van der Waals surface area (Å²) in [6.07, 6.45) is -0.682. The number of hydrogen-bond acceptors (Lipinski definition) is 5. The number of amides is 1. The molecule has 0 spiro atoms. The second-order valence-corrected chi connectivity index (χ2v) is 7.57. The standard InChI is InChI=1S/C14H21NO4S/c1-13(2,3)9-7-8(10(20-9)11(16)17)15-12(18)19-14(4,5)6/h7H,1-6H3,(H,15,18)(H,16,17)/p-1. The second kappa shape index (κ2) is 5.44. The van der Waals surface area contributed by atoms with Gasteiger partial charge < -0.3 is 14.6 Å². The Morgan fingerprint density at radius 1 is 1.20 bits per heavy atom. The molecule has 20 heavy (non-hydrogen) atoms. The van der Waals surface area contributed by atoms with Gasteiger partial charge in [-0.3, -0.25) is 5.32 Å². The summed E-state index contributed by atoms with van der Waals surface area (Å²) in [5, 5.41) is 13.6. The van der Waals surface area contributed by atoms with E-state index in [9.17, 15) is 14.7 Å². The predicted molar refractivity (Wildman–Crippen MR) is 77.2 cm³/mol. The zero-order valence-corrected chi connectivity index (χ0v) is 13.4. The van der Waals surface area contributed by atoms with Crippen LogP contribution in [-0.4, -0.2) is 17.7 Å². The van der Waals surface area contributed by atoms with Gasteiger partial charge in [-0.15, -0.1) is 11.3 Å². The van der Waals surface area contributed by atoms with Crippen molar-refractivity contribution in [1.82, 2.24) is 0 Å². The van der Waals surface area contributed by atoms with Crippen LogP contribution in [-0.2, 0) is 10.2 Å². The van der Waals surface area contributed by atoms with Gasteiger partial charge in [0.25, 0.3) is 0 Å². The predicted octanol–water partition coefficient (Wildman–Crippen LogP) is 2.76. The number of thiophene rings is 1. The van der Waals surface area contributed by atoms with Crippen LogP contribution in [0, 0.1) is 0 Å². The number of nitrogens with one attached hydrogen (secondary N) is 1. The van der Waals surface area contributed by atoms with Crippen LogP contribution >= 0.6 is 11.3 Å². The fourth-order valence-electron chi connectivity index (χ4n) is 1.42. The van der Waals surface area contributed by atoms with E-state index in [0.29, 0.717) is 0 Å². The first-order valence-corrected chi connectivity index (χ1v) is 7.07. The number of carboxylic acid groups (broad SMARTS) is 1. The van der Waals surface area contributed by atoms with Crippen molar-refractivity contribution < 1.29 is 19.4 Å². The lowest BCUT2D eigenvalue weighted by molar-refractivity contribution is -0.254. The van der Waals surface area contributed by atoms with E-state index in [1.165, 1.54) is 0 Å². The smallest absolute Gasteiger partial charge is 0.412 e. The lowest BCUT2D eigenvalue weighted by Crippen LogP contribution is -2.28. The Bertz CT molecular complexity index is 520. The summed E-state index contributed by atoms with van der Waals surface area (Å²) in [6, 6.07) is 1.65. The number of carbonyl (C=O) groups excluding carboxylic acids is 2. The van der Waals surface area contributed by atoms with Crippen LogP contribution in [0.4, 0.5) is 10.5 Å². The number of carbonyl (C=O) groups is 2. The molecule has 1 aromatic rings. The van der Waals surface area contributed by atoms with Gasteiger partial charge >= 0.3 is 6.09 Å². The number of aromatic carboxylic acids is 1. The Morgan fingerprint density at radius 3 is 2.15 bits per heavy atom. The van der Waals surface area contributed by atoms with E-state index in [-0.39, 0.29) is 16.0 Å².